The number of hydrogen-bond donors (Lipinski definition) is 1. The highest BCUT2D eigenvalue weighted by atomic mass is 32.1. The van der Waals surface area contributed by atoms with Crippen LogP contribution in [0.1, 0.15) is 22.6 Å². The first-order chi connectivity index (χ1) is 15.7. The van der Waals surface area contributed by atoms with E-state index < -0.39 is 0 Å². The van der Waals surface area contributed by atoms with Crippen LogP contribution in [0.25, 0.3) is 27.3 Å². The lowest BCUT2D eigenvalue weighted by molar-refractivity contribution is 0.281. The van der Waals surface area contributed by atoms with Crippen molar-refractivity contribution in [1.29, 1.82) is 10.5 Å². The average molecular weight is 439 g/mol. The molecule has 158 valence electrons. The molecule has 5 rings (SSSR count). The van der Waals surface area contributed by atoms with Gasteiger partial charge >= 0.3 is 0 Å². The summed E-state index contributed by atoms with van der Waals surface area (Å²) >= 11 is 1.50. The van der Waals surface area contributed by atoms with Crippen molar-refractivity contribution in [3.8, 4) is 33.8 Å². The molecule has 0 radical (unpaired) electrons. The van der Waals surface area contributed by atoms with Gasteiger partial charge in [0.05, 0.1) is 23.0 Å². The summed E-state index contributed by atoms with van der Waals surface area (Å²) < 4.78 is 2.19. The van der Waals surface area contributed by atoms with Gasteiger partial charge < -0.3 is 9.72 Å². The van der Waals surface area contributed by atoms with Gasteiger partial charge in [-0.2, -0.15) is 10.5 Å². The van der Waals surface area contributed by atoms with E-state index in [1.807, 2.05) is 42.5 Å². The van der Waals surface area contributed by atoms with Gasteiger partial charge in [0.1, 0.15) is 16.6 Å². The Kier molecular flexibility index (Phi) is 5.70. The number of nitrogens with one attached hydrogen (secondary N) is 1. The Morgan fingerprint density at radius 3 is 2.56 bits per heavy atom. The Balaban J connectivity index is 1.62. The highest BCUT2D eigenvalue weighted by molar-refractivity contribution is 7.16. The molecule has 0 bridgehead atoms. The molecule has 1 fully saturated rings. The van der Waals surface area contributed by atoms with Crippen molar-refractivity contribution in [3.63, 3.8) is 0 Å². The van der Waals surface area contributed by atoms with E-state index in [1.54, 1.807) is 0 Å². The number of thiophene rings is 1. The highest BCUT2D eigenvalue weighted by Crippen LogP contribution is 2.31. The Bertz CT molecular complexity index is 1330. The van der Waals surface area contributed by atoms with E-state index in [4.69, 9.17) is 10.2 Å². The summed E-state index contributed by atoms with van der Waals surface area (Å²) in [7, 11) is 0. The first kappa shape index (κ1) is 20.4. The van der Waals surface area contributed by atoms with E-state index in [0.717, 1.165) is 72.2 Å². The van der Waals surface area contributed by atoms with Crippen LogP contribution in [-0.2, 0) is 6.54 Å². The zero-order valence-corrected chi connectivity index (χ0v) is 18.4. The second-order valence-electron chi connectivity index (χ2n) is 7.90. The first-order valence-electron chi connectivity index (χ1n) is 10.7. The number of benzene rings is 1. The van der Waals surface area contributed by atoms with Crippen LogP contribution in [0.3, 0.4) is 0 Å². The summed E-state index contributed by atoms with van der Waals surface area (Å²) in [5.41, 5.74) is 5.73. The molecule has 1 aromatic carbocycles. The minimum absolute atomic E-state index is 0.644. The van der Waals surface area contributed by atoms with Gasteiger partial charge in [0, 0.05) is 41.8 Å². The average Bonchev–Trinajstić information content (AvgIpc) is 3.36. The third kappa shape index (κ3) is 4.02. The molecule has 0 spiro atoms. The molecule has 1 N–H and O–H groups in total. The van der Waals surface area contributed by atoms with Crippen LogP contribution in [0.5, 0.6) is 0 Å². The molecule has 1 aliphatic rings. The van der Waals surface area contributed by atoms with Crippen molar-refractivity contribution in [2.24, 2.45) is 0 Å². The molecule has 32 heavy (non-hydrogen) atoms. The predicted molar refractivity (Wildman–Crippen MR) is 126 cm³/mol. The minimum atomic E-state index is 0.644. The summed E-state index contributed by atoms with van der Waals surface area (Å²) in [4.78, 5) is 9.23. The van der Waals surface area contributed by atoms with Crippen molar-refractivity contribution in [3.05, 3.63) is 70.9 Å². The highest BCUT2D eigenvalue weighted by Gasteiger charge is 2.19. The summed E-state index contributed by atoms with van der Waals surface area (Å²) in [6.45, 7) is 4.88. The van der Waals surface area contributed by atoms with E-state index >= 15 is 0 Å². The number of pyridine rings is 1. The number of nitrogens with zero attached hydrogens (tertiary/aromatic N) is 5. The number of rotatable bonds is 4. The Labute approximate surface area is 191 Å². The summed E-state index contributed by atoms with van der Waals surface area (Å²) in [5, 5.41) is 21.8. The van der Waals surface area contributed by atoms with E-state index in [9.17, 15) is 5.26 Å². The lowest BCUT2D eigenvalue weighted by Gasteiger charge is -2.20. The molecule has 3 aromatic heterocycles. The molecule has 0 atom stereocenters. The van der Waals surface area contributed by atoms with Gasteiger partial charge in [-0.1, -0.05) is 12.1 Å². The van der Waals surface area contributed by atoms with E-state index in [-0.39, 0.29) is 0 Å². The minimum Gasteiger partial charge on any atom is -0.315 e. The number of fused-ring (bicyclic) bond motifs is 1. The fraction of sp³-hybridized carbons (Fsp3) is 0.240. The topological polar surface area (TPSA) is 80.1 Å². The van der Waals surface area contributed by atoms with Crippen LogP contribution >= 0.6 is 11.3 Å². The molecule has 4 heterocycles. The van der Waals surface area contributed by atoms with Crippen LogP contribution in [0.4, 0.5) is 0 Å². The summed E-state index contributed by atoms with van der Waals surface area (Å²) in [5.74, 6) is 0. The molecule has 0 unspecified atom stereocenters. The maximum Gasteiger partial charge on any atom is 0.137 e. The predicted octanol–water partition coefficient (Wildman–Crippen LogP) is 4.27. The molecular formula is C25H22N6S. The van der Waals surface area contributed by atoms with Crippen molar-refractivity contribution in [2.45, 2.75) is 13.0 Å². The standard InChI is InChI=1S/C25H22N6S/c26-14-18-2-4-19(5-3-18)25-22(17-30-12-1-10-28-11-13-30)31-16-20(6-9-24(31)29-25)23-8-7-21(15-27)32-23/h2-9,16,28H,1,10-13,17H2. The van der Waals surface area contributed by atoms with Crippen LogP contribution in [-0.4, -0.2) is 40.5 Å². The fourth-order valence-corrected chi connectivity index (χ4v) is 4.94. The van der Waals surface area contributed by atoms with Crippen LogP contribution in [0, 0.1) is 22.7 Å². The Morgan fingerprint density at radius 1 is 0.938 bits per heavy atom. The van der Waals surface area contributed by atoms with Gasteiger partial charge in [0.15, 0.2) is 0 Å². The summed E-state index contributed by atoms with van der Waals surface area (Å²) in [6.07, 6.45) is 3.26. The molecule has 4 aromatic rings. The Morgan fingerprint density at radius 2 is 1.78 bits per heavy atom. The van der Waals surface area contributed by atoms with E-state index in [2.05, 4.69) is 39.0 Å². The molecular weight excluding hydrogens is 416 g/mol. The molecule has 6 nitrogen and oxygen atoms in total. The van der Waals surface area contributed by atoms with Crippen LogP contribution < -0.4 is 5.32 Å². The third-order valence-corrected chi connectivity index (χ3v) is 6.85. The Hall–Kier alpha value is -3.49. The van der Waals surface area contributed by atoms with Crippen molar-refractivity contribution < 1.29 is 0 Å². The molecule has 7 heteroatoms. The van der Waals surface area contributed by atoms with Gasteiger partial charge in [-0.05, 0) is 55.9 Å². The first-order valence-corrected chi connectivity index (χ1v) is 11.5. The molecule has 1 saturated heterocycles. The maximum atomic E-state index is 9.20. The monoisotopic (exact) mass is 438 g/mol. The largest absolute Gasteiger partial charge is 0.315 e. The second kappa shape index (κ2) is 8.94. The van der Waals surface area contributed by atoms with Crippen molar-refractivity contribution in [2.75, 3.05) is 26.2 Å². The van der Waals surface area contributed by atoms with Gasteiger partial charge in [0.2, 0.25) is 0 Å². The number of aromatic nitrogens is 2. The van der Waals surface area contributed by atoms with Crippen molar-refractivity contribution >= 4 is 17.0 Å². The van der Waals surface area contributed by atoms with Gasteiger partial charge in [-0.25, -0.2) is 4.98 Å². The van der Waals surface area contributed by atoms with Crippen LogP contribution in [0.2, 0.25) is 0 Å². The van der Waals surface area contributed by atoms with Crippen LogP contribution in [0.15, 0.2) is 54.7 Å². The normalized spacial score (nSPS) is 14.7. The van der Waals surface area contributed by atoms with E-state index in [1.165, 1.54) is 11.3 Å². The number of imidazole rings is 1. The molecule has 1 aliphatic heterocycles. The number of hydrogen-bond acceptors (Lipinski definition) is 6. The number of nitriles is 2. The van der Waals surface area contributed by atoms with Gasteiger partial charge in [-0.3, -0.25) is 4.90 Å². The summed E-state index contributed by atoms with van der Waals surface area (Å²) in [6, 6.07) is 20.0. The van der Waals surface area contributed by atoms with Gasteiger partial charge in [0.25, 0.3) is 0 Å². The third-order valence-electron chi connectivity index (χ3n) is 5.81. The lowest BCUT2D eigenvalue weighted by atomic mass is 10.1. The lowest BCUT2D eigenvalue weighted by Crippen LogP contribution is -2.28. The quantitative estimate of drug-likeness (QED) is 0.515. The molecule has 0 aliphatic carbocycles. The zero-order valence-electron chi connectivity index (χ0n) is 17.6. The molecule has 0 amide bonds. The SMILES string of the molecule is N#Cc1ccc(-c2nc3ccc(-c4ccc(C#N)s4)cn3c2CN2CCCNCC2)cc1. The van der Waals surface area contributed by atoms with E-state index in [0.29, 0.717) is 10.4 Å². The molecule has 0 saturated carbocycles. The maximum absolute atomic E-state index is 9.20. The fourth-order valence-electron chi connectivity index (χ4n) is 4.15. The second-order valence-corrected chi connectivity index (χ2v) is 8.98. The smallest absolute Gasteiger partial charge is 0.137 e. The van der Waals surface area contributed by atoms with Gasteiger partial charge in [-0.15, -0.1) is 11.3 Å². The zero-order chi connectivity index (χ0) is 21.9. The van der Waals surface area contributed by atoms with Crippen molar-refractivity contribution in [1.82, 2.24) is 19.6 Å².